The van der Waals surface area contributed by atoms with Crippen LogP contribution in [0.4, 0.5) is 0 Å². The molecule has 0 bridgehead atoms. The van der Waals surface area contributed by atoms with Crippen LogP contribution in [0.1, 0.15) is 49.6 Å². The summed E-state index contributed by atoms with van der Waals surface area (Å²) in [5.74, 6) is 0.398. The number of nitrogens with two attached hydrogens (primary N) is 1. The van der Waals surface area contributed by atoms with Crippen LogP contribution in [0.25, 0.3) is 0 Å². The maximum atomic E-state index is 12.6. The van der Waals surface area contributed by atoms with Crippen LogP contribution in [-0.4, -0.2) is 23.9 Å². The summed E-state index contributed by atoms with van der Waals surface area (Å²) in [6, 6.07) is 2.47. The third kappa shape index (κ3) is 3.00. The zero-order valence-electron chi connectivity index (χ0n) is 11.9. The van der Waals surface area contributed by atoms with Gasteiger partial charge < -0.3 is 10.6 Å². The Morgan fingerprint density at radius 1 is 1.63 bits per heavy atom. The minimum absolute atomic E-state index is 0.0952. The summed E-state index contributed by atoms with van der Waals surface area (Å²) in [5, 5.41) is 2.15. The average molecular weight is 280 g/mol. The van der Waals surface area contributed by atoms with Crippen LogP contribution in [-0.2, 0) is 11.2 Å². The molecule has 1 aliphatic rings. The molecule has 19 heavy (non-hydrogen) atoms. The predicted molar refractivity (Wildman–Crippen MR) is 80.2 cm³/mol. The lowest BCUT2D eigenvalue weighted by molar-refractivity contribution is -0.138. The van der Waals surface area contributed by atoms with E-state index in [0.29, 0.717) is 12.5 Å². The van der Waals surface area contributed by atoms with Crippen LogP contribution in [0.15, 0.2) is 11.4 Å². The van der Waals surface area contributed by atoms with E-state index < -0.39 is 0 Å². The Balaban J connectivity index is 2.10. The molecule has 0 aromatic carbocycles. The maximum absolute atomic E-state index is 12.6. The smallest absolute Gasteiger partial charge is 0.225 e. The number of amides is 1. The van der Waals surface area contributed by atoms with Crippen LogP contribution in [0.5, 0.6) is 0 Å². The van der Waals surface area contributed by atoms with Gasteiger partial charge in [-0.15, -0.1) is 11.3 Å². The van der Waals surface area contributed by atoms with Crippen molar-refractivity contribution in [1.82, 2.24) is 4.90 Å². The Bertz CT molecular complexity index is 430. The number of thiophene rings is 1. The Kier molecular flexibility index (Phi) is 4.99. The molecule has 2 unspecified atom stereocenters. The molecule has 1 amide bonds. The monoisotopic (exact) mass is 280 g/mol. The van der Waals surface area contributed by atoms with Crippen molar-refractivity contribution in [3.63, 3.8) is 0 Å². The fourth-order valence-electron chi connectivity index (χ4n) is 2.93. The van der Waals surface area contributed by atoms with E-state index in [0.717, 1.165) is 32.2 Å². The van der Waals surface area contributed by atoms with Gasteiger partial charge in [0.15, 0.2) is 0 Å². The minimum Gasteiger partial charge on any atom is -0.335 e. The standard InChI is InChI=1S/C15H24N2OS/c1-3-13-12-7-10-19-14(12)6-9-17(13)15(18)11(2)5-4-8-16/h7,10-11,13H,3-6,8-9,16H2,1-2H3. The second kappa shape index (κ2) is 6.53. The second-order valence-corrected chi connectivity index (χ2v) is 6.34. The van der Waals surface area contributed by atoms with Crippen LogP contribution < -0.4 is 5.73 Å². The Morgan fingerprint density at radius 3 is 3.11 bits per heavy atom. The Labute approximate surface area is 119 Å². The molecule has 1 aliphatic heterocycles. The number of nitrogens with zero attached hydrogens (tertiary/aromatic N) is 1. The molecular weight excluding hydrogens is 256 g/mol. The molecule has 0 aliphatic carbocycles. The number of fused-ring (bicyclic) bond motifs is 1. The highest BCUT2D eigenvalue weighted by Crippen LogP contribution is 2.36. The van der Waals surface area contributed by atoms with Crippen molar-refractivity contribution in [1.29, 1.82) is 0 Å². The van der Waals surface area contributed by atoms with E-state index in [4.69, 9.17) is 5.73 Å². The molecule has 2 N–H and O–H groups in total. The first-order valence-electron chi connectivity index (χ1n) is 7.25. The van der Waals surface area contributed by atoms with Crippen molar-refractivity contribution < 1.29 is 4.79 Å². The highest BCUT2D eigenvalue weighted by Gasteiger charge is 2.32. The van der Waals surface area contributed by atoms with Gasteiger partial charge in [0.2, 0.25) is 5.91 Å². The molecule has 4 heteroatoms. The molecule has 0 saturated heterocycles. The summed E-state index contributed by atoms with van der Waals surface area (Å²) >= 11 is 1.83. The Morgan fingerprint density at radius 2 is 2.42 bits per heavy atom. The maximum Gasteiger partial charge on any atom is 0.225 e. The number of rotatable bonds is 5. The highest BCUT2D eigenvalue weighted by molar-refractivity contribution is 7.10. The predicted octanol–water partition coefficient (Wildman–Crippen LogP) is 2.96. The summed E-state index contributed by atoms with van der Waals surface area (Å²) in [4.78, 5) is 16.2. The SMILES string of the molecule is CCC1c2ccsc2CCN1C(=O)C(C)CCCN. The van der Waals surface area contributed by atoms with E-state index in [1.54, 1.807) is 0 Å². The Hall–Kier alpha value is -0.870. The van der Waals surface area contributed by atoms with Crippen molar-refractivity contribution in [3.05, 3.63) is 21.9 Å². The molecule has 106 valence electrons. The summed E-state index contributed by atoms with van der Waals surface area (Å²) in [7, 11) is 0. The van der Waals surface area contributed by atoms with E-state index in [1.807, 2.05) is 18.3 Å². The first-order valence-corrected chi connectivity index (χ1v) is 8.13. The molecule has 1 aromatic heterocycles. The van der Waals surface area contributed by atoms with Gasteiger partial charge in [0.25, 0.3) is 0 Å². The number of hydrogen-bond acceptors (Lipinski definition) is 3. The van der Waals surface area contributed by atoms with Crippen molar-refractivity contribution in [2.75, 3.05) is 13.1 Å². The van der Waals surface area contributed by atoms with Crippen molar-refractivity contribution in [3.8, 4) is 0 Å². The third-order valence-corrected chi connectivity index (χ3v) is 5.02. The first kappa shape index (κ1) is 14.5. The zero-order chi connectivity index (χ0) is 13.8. The lowest BCUT2D eigenvalue weighted by atomic mass is 9.95. The number of hydrogen-bond donors (Lipinski definition) is 1. The van der Waals surface area contributed by atoms with Gasteiger partial charge in [-0.3, -0.25) is 4.79 Å². The van der Waals surface area contributed by atoms with Crippen LogP contribution in [0.2, 0.25) is 0 Å². The van der Waals surface area contributed by atoms with Crippen LogP contribution >= 0.6 is 11.3 Å². The fourth-order valence-corrected chi connectivity index (χ4v) is 3.86. The zero-order valence-corrected chi connectivity index (χ0v) is 12.7. The van der Waals surface area contributed by atoms with Gasteiger partial charge in [-0.1, -0.05) is 13.8 Å². The number of carbonyl (C=O) groups excluding carboxylic acids is 1. The van der Waals surface area contributed by atoms with Crippen molar-refractivity contribution in [2.45, 2.75) is 45.6 Å². The fraction of sp³-hybridized carbons (Fsp3) is 0.667. The van der Waals surface area contributed by atoms with Gasteiger partial charge in [0, 0.05) is 17.3 Å². The minimum atomic E-state index is 0.0952. The summed E-state index contributed by atoms with van der Waals surface area (Å²) in [6.45, 7) is 5.75. The van der Waals surface area contributed by atoms with Gasteiger partial charge in [-0.25, -0.2) is 0 Å². The van der Waals surface area contributed by atoms with E-state index in [1.165, 1.54) is 10.4 Å². The van der Waals surface area contributed by atoms with Gasteiger partial charge in [0.05, 0.1) is 6.04 Å². The lowest BCUT2D eigenvalue weighted by Gasteiger charge is -2.37. The van der Waals surface area contributed by atoms with Gasteiger partial charge in [0.1, 0.15) is 0 Å². The van der Waals surface area contributed by atoms with E-state index in [2.05, 4.69) is 23.3 Å². The summed E-state index contributed by atoms with van der Waals surface area (Å²) in [6.07, 6.45) is 3.85. The first-order chi connectivity index (χ1) is 9.19. The average Bonchev–Trinajstić information content (AvgIpc) is 2.91. The lowest BCUT2D eigenvalue weighted by Crippen LogP contribution is -2.42. The quantitative estimate of drug-likeness (QED) is 0.901. The molecule has 0 fully saturated rings. The van der Waals surface area contributed by atoms with Crippen LogP contribution in [0.3, 0.4) is 0 Å². The van der Waals surface area contributed by atoms with Crippen molar-refractivity contribution in [2.24, 2.45) is 11.7 Å². The molecule has 0 radical (unpaired) electrons. The highest BCUT2D eigenvalue weighted by atomic mass is 32.1. The molecule has 0 saturated carbocycles. The number of carbonyl (C=O) groups is 1. The van der Waals surface area contributed by atoms with Gasteiger partial charge >= 0.3 is 0 Å². The molecule has 2 atom stereocenters. The third-order valence-electron chi connectivity index (χ3n) is 4.03. The van der Waals surface area contributed by atoms with E-state index >= 15 is 0 Å². The topological polar surface area (TPSA) is 46.3 Å². The van der Waals surface area contributed by atoms with E-state index in [-0.39, 0.29) is 12.0 Å². The van der Waals surface area contributed by atoms with Crippen molar-refractivity contribution >= 4 is 17.2 Å². The van der Waals surface area contributed by atoms with Crippen LogP contribution in [0, 0.1) is 5.92 Å². The normalized spacial score (nSPS) is 20.2. The van der Waals surface area contributed by atoms with E-state index in [9.17, 15) is 4.79 Å². The molecule has 1 aromatic rings. The van der Waals surface area contributed by atoms with Gasteiger partial charge in [-0.05, 0) is 49.2 Å². The molecule has 2 heterocycles. The van der Waals surface area contributed by atoms with Gasteiger partial charge in [-0.2, -0.15) is 0 Å². The largest absolute Gasteiger partial charge is 0.335 e. The molecular formula is C15H24N2OS. The summed E-state index contributed by atoms with van der Waals surface area (Å²) in [5.41, 5.74) is 6.91. The molecule has 3 nitrogen and oxygen atoms in total. The second-order valence-electron chi connectivity index (χ2n) is 5.34. The summed E-state index contributed by atoms with van der Waals surface area (Å²) < 4.78 is 0. The molecule has 0 spiro atoms. The molecule has 2 rings (SSSR count).